The lowest BCUT2D eigenvalue weighted by Gasteiger charge is -2.36. The maximum Gasteiger partial charge on any atom is 0.248 e. The van der Waals surface area contributed by atoms with Crippen LogP contribution in [0.5, 0.6) is 0 Å². The number of nitrogens with two attached hydrogens (primary N) is 1. The second kappa shape index (κ2) is 7.97. The number of carbonyl (C=O) groups is 2. The number of amides is 2. The second-order valence-corrected chi connectivity index (χ2v) is 5.74. The van der Waals surface area contributed by atoms with E-state index in [9.17, 15) is 9.59 Å². The molecule has 1 aromatic carbocycles. The molecule has 0 atom stereocenters. The van der Waals surface area contributed by atoms with Gasteiger partial charge in [-0.3, -0.25) is 14.5 Å². The first kappa shape index (κ1) is 17.3. The summed E-state index contributed by atoms with van der Waals surface area (Å²) in [7, 11) is 0. The maximum absolute atomic E-state index is 12.2. The summed E-state index contributed by atoms with van der Waals surface area (Å²) in [6.07, 6.45) is 0. The van der Waals surface area contributed by atoms with Crippen molar-refractivity contribution < 1.29 is 9.59 Å². The van der Waals surface area contributed by atoms with Crippen LogP contribution in [-0.2, 0) is 4.79 Å². The van der Waals surface area contributed by atoms with Crippen molar-refractivity contribution >= 4 is 17.5 Å². The van der Waals surface area contributed by atoms with Crippen LogP contribution in [0.25, 0.3) is 0 Å². The third-order valence-electron chi connectivity index (χ3n) is 4.36. The fourth-order valence-corrected chi connectivity index (χ4v) is 2.87. The molecule has 1 fully saturated rings. The largest absolute Gasteiger partial charge is 0.369 e. The van der Waals surface area contributed by atoms with Crippen molar-refractivity contribution in [2.45, 2.75) is 13.8 Å². The van der Waals surface area contributed by atoms with Crippen LogP contribution < -0.4 is 10.6 Å². The molecule has 1 saturated heterocycles. The topological polar surface area (TPSA) is 69.9 Å². The lowest BCUT2D eigenvalue weighted by atomic mass is 10.1. The molecule has 0 radical (unpaired) electrons. The average molecular weight is 318 g/mol. The Hall–Kier alpha value is -2.08. The highest BCUT2D eigenvalue weighted by Crippen LogP contribution is 2.17. The molecule has 1 heterocycles. The molecule has 0 aliphatic carbocycles. The van der Waals surface area contributed by atoms with Gasteiger partial charge in [-0.15, -0.1) is 0 Å². The van der Waals surface area contributed by atoms with Crippen LogP contribution in [0.1, 0.15) is 24.2 Å². The number of primary amides is 1. The number of anilines is 1. The van der Waals surface area contributed by atoms with Crippen LogP contribution in [0.15, 0.2) is 24.3 Å². The Bertz CT molecular complexity index is 532. The molecule has 0 bridgehead atoms. The first-order chi connectivity index (χ1) is 11.0. The van der Waals surface area contributed by atoms with E-state index in [1.165, 1.54) is 0 Å². The Kier molecular flexibility index (Phi) is 5.98. The normalized spacial score (nSPS) is 15.5. The molecule has 2 amide bonds. The smallest absolute Gasteiger partial charge is 0.248 e. The molecule has 6 heteroatoms. The summed E-state index contributed by atoms with van der Waals surface area (Å²) in [6, 6.07) is 7.37. The molecule has 0 unspecified atom stereocenters. The van der Waals surface area contributed by atoms with E-state index in [1.807, 2.05) is 30.9 Å². The summed E-state index contributed by atoms with van der Waals surface area (Å²) in [5.41, 5.74) is 6.87. The summed E-state index contributed by atoms with van der Waals surface area (Å²) >= 11 is 0. The van der Waals surface area contributed by atoms with E-state index in [0.717, 1.165) is 45.0 Å². The predicted molar refractivity (Wildman–Crippen MR) is 91.5 cm³/mol. The van der Waals surface area contributed by atoms with Crippen LogP contribution in [-0.4, -0.2) is 67.4 Å². The molecular weight excluding hydrogens is 292 g/mol. The Morgan fingerprint density at radius 1 is 1.04 bits per heavy atom. The van der Waals surface area contributed by atoms with Gasteiger partial charge in [0.2, 0.25) is 11.8 Å². The third kappa shape index (κ3) is 4.45. The van der Waals surface area contributed by atoms with Gasteiger partial charge in [0.15, 0.2) is 0 Å². The molecule has 126 valence electrons. The second-order valence-electron chi connectivity index (χ2n) is 5.74. The highest BCUT2D eigenvalue weighted by Gasteiger charge is 2.21. The standard InChI is InChI=1S/C17H26N4O2/c1-3-20(4-2)16(22)13-19-9-11-21(12-10-19)15-7-5-14(6-8-15)17(18)23/h5-8H,3-4,9-13H2,1-2H3,(H2,18,23). The first-order valence-electron chi connectivity index (χ1n) is 8.20. The van der Waals surface area contributed by atoms with Crippen LogP contribution in [0.3, 0.4) is 0 Å². The van der Waals surface area contributed by atoms with Gasteiger partial charge >= 0.3 is 0 Å². The SMILES string of the molecule is CCN(CC)C(=O)CN1CCN(c2ccc(C(N)=O)cc2)CC1. The van der Waals surface area contributed by atoms with Crippen LogP contribution in [0, 0.1) is 0 Å². The van der Waals surface area contributed by atoms with Crippen molar-refractivity contribution in [2.24, 2.45) is 5.73 Å². The minimum atomic E-state index is -0.406. The molecule has 0 spiro atoms. The van der Waals surface area contributed by atoms with Gasteiger partial charge in [0.1, 0.15) is 0 Å². The minimum Gasteiger partial charge on any atom is -0.369 e. The van der Waals surface area contributed by atoms with Crippen LogP contribution in [0.4, 0.5) is 5.69 Å². The maximum atomic E-state index is 12.2. The van der Waals surface area contributed by atoms with Gasteiger partial charge in [0, 0.05) is 50.5 Å². The number of carbonyl (C=O) groups excluding carboxylic acids is 2. The summed E-state index contributed by atoms with van der Waals surface area (Å²) < 4.78 is 0. The number of benzene rings is 1. The predicted octanol–water partition coefficient (Wildman–Crippen LogP) is 0.776. The third-order valence-corrected chi connectivity index (χ3v) is 4.36. The zero-order valence-corrected chi connectivity index (χ0v) is 14.0. The lowest BCUT2D eigenvalue weighted by Crippen LogP contribution is -2.50. The fourth-order valence-electron chi connectivity index (χ4n) is 2.87. The summed E-state index contributed by atoms with van der Waals surface area (Å²) in [5, 5.41) is 0. The van der Waals surface area contributed by atoms with E-state index in [2.05, 4.69) is 9.80 Å². The minimum absolute atomic E-state index is 0.203. The highest BCUT2D eigenvalue weighted by atomic mass is 16.2. The van der Waals surface area contributed by atoms with E-state index < -0.39 is 5.91 Å². The van der Waals surface area contributed by atoms with Gasteiger partial charge in [-0.2, -0.15) is 0 Å². The van der Waals surface area contributed by atoms with E-state index >= 15 is 0 Å². The van der Waals surface area contributed by atoms with Crippen molar-refractivity contribution in [3.8, 4) is 0 Å². The highest BCUT2D eigenvalue weighted by molar-refractivity contribution is 5.93. The van der Waals surface area contributed by atoms with Gasteiger partial charge in [-0.1, -0.05) is 0 Å². The van der Waals surface area contributed by atoms with Crippen molar-refractivity contribution in [3.63, 3.8) is 0 Å². The fraction of sp³-hybridized carbons (Fsp3) is 0.529. The molecule has 0 saturated carbocycles. The molecule has 2 N–H and O–H groups in total. The van der Waals surface area contributed by atoms with E-state index in [0.29, 0.717) is 12.1 Å². The van der Waals surface area contributed by atoms with Crippen LogP contribution in [0.2, 0.25) is 0 Å². The van der Waals surface area contributed by atoms with Gasteiger partial charge in [-0.05, 0) is 38.1 Å². The molecule has 2 rings (SSSR count). The van der Waals surface area contributed by atoms with Crippen molar-refractivity contribution in [1.82, 2.24) is 9.80 Å². The number of likely N-dealkylation sites (N-methyl/N-ethyl adjacent to an activating group) is 1. The monoisotopic (exact) mass is 318 g/mol. The van der Waals surface area contributed by atoms with E-state index in [-0.39, 0.29) is 5.91 Å². The van der Waals surface area contributed by atoms with Gasteiger partial charge in [0.25, 0.3) is 0 Å². The quantitative estimate of drug-likeness (QED) is 0.841. The number of nitrogens with zero attached hydrogens (tertiary/aromatic N) is 3. The summed E-state index contributed by atoms with van der Waals surface area (Å²) in [5.74, 6) is -0.203. The number of piperazine rings is 1. The molecule has 0 aromatic heterocycles. The van der Waals surface area contributed by atoms with E-state index in [1.54, 1.807) is 12.1 Å². The van der Waals surface area contributed by atoms with Gasteiger partial charge in [0.05, 0.1) is 6.54 Å². The number of rotatable bonds is 6. The molecule has 6 nitrogen and oxygen atoms in total. The molecule has 1 aliphatic heterocycles. The van der Waals surface area contributed by atoms with Crippen molar-refractivity contribution in [1.29, 1.82) is 0 Å². The number of hydrogen-bond acceptors (Lipinski definition) is 4. The Balaban J connectivity index is 1.86. The van der Waals surface area contributed by atoms with E-state index in [4.69, 9.17) is 5.73 Å². The lowest BCUT2D eigenvalue weighted by molar-refractivity contribution is -0.132. The molecular formula is C17H26N4O2. The zero-order valence-electron chi connectivity index (χ0n) is 14.0. The summed E-state index contributed by atoms with van der Waals surface area (Å²) in [4.78, 5) is 29.6. The average Bonchev–Trinajstić information content (AvgIpc) is 2.57. The van der Waals surface area contributed by atoms with Crippen LogP contribution >= 0.6 is 0 Å². The Morgan fingerprint density at radius 3 is 2.09 bits per heavy atom. The van der Waals surface area contributed by atoms with Gasteiger partial charge in [-0.25, -0.2) is 0 Å². The van der Waals surface area contributed by atoms with Crippen molar-refractivity contribution in [2.75, 3.05) is 50.7 Å². The Labute approximate surface area is 137 Å². The molecule has 1 aromatic rings. The molecule has 23 heavy (non-hydrogen) atoms. The first-order valence-corrected chi connectivity index (χ1v) is 8.20. The summed E-state index contributed by atoms with van der Waals surface area (Å²) in [6.45, 7) is 9.53. The zero-order chi connectivity index (χ0) is 16.8. The number of hydrogen-bond donors (Lipinski definition) is 1. The Morgan fingerprint density at radius 2 is 1.61 bits per heavy atom. The molecule has 1 aliphatic rings. The van der Waals surface area contributed by atoms with Gasteiger partial charge < -0.3 is 15.5 Å². The van der Waals surface area contributed by atoms with Crippen molar-refractivity contribution in [3.05, 3.63) is 29.8 Å².